The lowest BCUT2D eigenvalue weighted by Gasteiger charge is -2.72. The summed E-state index contributed by atoms with van der Waals surface area (Å²) in [6.07, 6.45) is -16.7. The standard InChI is InChI=1S/C49H80O18/c1-22-29(53)30(54)34(58)41(62-22)64-36-26(20-50)63-42(35(59)33(36)57)66-38-32(56)31(55)37(40(60)61-9)65-43(38)67-39-25(52)19-46(6)27(45(39,4)5)12-13-48(8)28(46)11-10-23-24-18-44(2,3)14-16-49(24,21-51)17-15-47(23,48)7/h10,22,24-39,41-43,50-59H,11-21H2,1-9H3/t22-,24-,25-,26+,27-,28+,29-,30+,31-,32-,33+,34+,35+,36-,37-,38+,39-,41-,42-,43-,46-,47+,48+,49+/m0/s1. The first-order valence-corrected chi connectivity index (χ1v) is 24.6. The molecule has 0 amide bonds. The Labute approximate surface area is 393 Å². The highest BCUT2D eigenvalue weighted by molar-refractivity contribution is 5.75. The molecule has 5 aliphatic carbocycles. The maximum atomic E-state index is 13.0. The molecule has 8 aliphatic rings. The number of aliphatic hydroxyl groups excluding tert-OH is 10. The van der Waals surface area contributed by atoms with Crippen molar-refractivity contribution in [3.8, 4) is 0 Å². The van der Waals surface area contributed by atoms with E-state index in [9.17, 15) is 55.9 Å². The van der Waals surface area contributed by atoms with Crippen LogP contribution in [0, 0.1) is 50.2 Å². The van der Waals surface area contributed by atoms with Crippen LogP contribution in [0.4, 0.5) is 0 Å². The molecule has 0 radical (unpaired) electrons. The molecule has 8 rings (SSSR count). The van der Waals surface area contributed by atoms with Crippen molar-refractivity contribution < 1.29 is 89.0 Å². The topological polar surface area (TPSA) is 284 Å². The molecule has 3 heterocycles. The lowest BCUT2D eigenvalue weighted by atomic mass is 9.33. The van der Waals surface area contributed by atoms with E-state index in [1.54, 1.807) is 0 Å². The van der Waals surface area contributed by atoms with Crippen LogP contribution >= 0.6 is 0 Å². The first kappa shape index (κ1) is 51.9. The zero-order valence-corrected chi connectivity index (χ0v) is 40.6. The van der Waals surface area contributed by atoms with E-state index in [4.69, 9.17) is 33.2 Å². The van der Waals surface area contributed by atoms with Crippen molar-refractivity contribution in [3.05, 3.63) is 11.6 Å². The molecule has 384 valence electrons. The van der Waals surface area contributed by atoms with Crippen molar-refractivity contribution in [3.63, 3.8) is 0 Å². The minimum atomic E-state index is -1.97. The van der Waals surface area contributed by atoms with Crippen LogP contribution in [0.2, 0.25) is 0 Å². The summed E-state index contributed by atoms with van der Waals surface area (Å²) >= 11 is 0. The van der Waals surface area contributed by atoms with Crippen molar-refractivity contribution in [1.82, 2.24) is 0 Å². The summed E-state index contributed by atoms with van der Waals surface area (Å²) < 4.78 is 41.0. The predicted molar refractivity (Wildman–Crippen MR) is 235 cm³/mol. The molecule has 67 heavy (non-hydrogen) atoms. The van der Waals surface area contributed by atoms with E-state index in [0.29, 0.717) is 12.3 Å². The maximum absolute atomic E-state index is 13.0. The van der Waals surface area contributed by atoms with Crippen LogP contribution in [0.3, 0.4) is 0 Å². The van der Waals surface area contributed by atoms with E-state index in [0.717, 1.165) is 58.5 Å². The van der Waals surface area contributed by atoms with Gasteiger partial charge in [0.05, 0.1) is 32.0 Å². The summed E-state index contributed by atoms with van der Waals surface area (Å²) in [6.45, 7) is 16.8. The Morgan fingerprint density at radius 3 is 1.97 bits per heavy atom. The van der Waals surface area contributed by atoms with Gasteiger partial charge in [0, 0.05) is 12.0 Å². The summed E-state index contributed by atoms with van der Waals surface area (Å²) in [6, 6.07) is 0. The van der Waals surface area contributed by atoms with Crippen LogP contribution in [0.25, 0.3) is 0 Å². The van der Waals surface area contributed by atoms with Gasteiger partial charge in [0.15, 0.2) is 25.0 Å². The van der Waals surface area contributed by atoms with Crippen molar-refractivity contribution >= 4 is 5.97 Å². The highest BCUT2D eigenvalue weighted by atomic mass is 16.8. The molecule has 0 aromatic carbocycles. The van der Waals surface area contributed by atoms with Gasteiger partial charge in [-0.1, -0.05) is 60.1 Å². The van der Waals surface area contributed by atoms with Crippen molar-refractivity contribution in [2.24, 2.45) is 50.2 Å². The fraction of sp³-hybridized carbons (Fsp3) is 0.939. The summed E-state index contributed by atoms with van der Waals surface area (Å²) in [5, 5.41) is 111. The lowest BCUT2D eigenvalue weighted by molar-refractivity contribution is -0.390. The zero-order chi connectivity index (χ0) is 49.1. The van der Waals surface area contributed by atoms with Gasteiger partial charge in [-0.05, 0) is 110 Å². The molecule has 18 nitrogen and oxygen atoms in total. The molecule has 7 fully saturated rings. The number of aliphatic hydroxyl groups is 10. The number of allylic oxidation sites excluding steroid dienone is 2. The number of carbonyl (C=O) groups is 1. The largest absolute Gasteiger partial charge is 0.467 e. The maximum Gasteiger partial charge on any atom is 0.337 e. The Morgan fingerprint density at radius 1 is 0.687 bits per heavy atom. The molecule has 3 aliphatic heterocycles. The van der Waals surface area contributed by atoms with Gasteiger partial charge in [0.25, 0.3) is 0 Å². The normalized spacial score (nSPS) is 53.8. The van der Waals surface area contributed by atoms with E-state index in [2.05, 4.69) is 40.7 Å². The number of methoxy groups -OCH3 is 1. The Morgan fingerprint density at radius 2 is 1.31 bits per heavy atom. The Kier molecular flexibility index (Phi) is 14.1. The number of esters is 1. The molecule has 10 N–H and O–H groups in total. The molecular formula is C49H80O18. The fourth-order valence-electron chi connectivity index (χ4n) is 15.3. The minimum Gasteiger partial charge on any atom is -0.467 e. The quantitative estimate of drug-likeness (QED) is 0.0869. The summed E-state index contributed by atoms with van der Waals surface area (Å²) in [5.74, 6) is -0.470. The number of ether oxygens (including phenoxy) is 7. The zero-order valence-electron chi connectivity index (χ0n) is 40.6. The Hall–Kier alpha value is -1.43. The first-order chi connectivity index (χ1) is 31.3. The third-order valence-electron chi connectivity index (χ3n) is 19.5. The van der Waals surface area contributed by atoms with Crippen LogP contribution in [-0.4, -0.2) is 182 Å². The van der Waals surface area contributed by atoms with Crippen LogP contribution < -0.4 is 0 Å². The number of fused-ring (bicyclic) bond motifs is 7. The second-order valence-corrected chi connectivity index (χ2v) is 23.9. The molecular weight excluding hydrogens is 877 g/mol. The number of hydrogen-bond acceptors (Lipinski definition) is 18. The van der Waals surface area contributed by atoms with E-state index in [1.807, 2.05) is 13.8 Å². The second-order valence-electron chi connectivity index (χ2n) is 23.9. The number of hydrogen-bond donors (Lipinski definition) is 10. The predicted octanol–water partition coefficient (Wildman–Crippen LogP) is 0.793. The molecule has 24 atom stereocenters. The number of carbonyl (C=O) groups excluding carboxylic acids is 1. The van der Waals surface area contributed by atoms with Crippen LogP contribution in [0.15, 0.2) is 11.6 Å². The molecule has 0 spiro atoms. The Bertz CT molecular complexity index is 1830. The van der Waals surface area contributed by atoms with E-state index >= 15 is 0 Å². The smallest absolute Gasteiger partial charge is 0.337 e. The molecule has 0 aromatic heterocycles. The van der Waals surface area contributed by atoms with Gasteiger partial charge < -0.3 is 84.2 Å². The second kappa shape index (κ2) is 18.3. The third kappa shape index (κ3) is 8.20. The van der Waals surface area contributed by atoms with Gasteiger partial charge in [-0.2, -0.15) is 0 Å². The first-order valence-electron chi connectivity index (χ1n) is 24.6. The number of rotatable bonds is 9. The summed E-state index contributed by atoms with van der Waals surface area (Å²) in [5.41, 5.74) is 0.304. The van der Waals surface area contributed by atoms with Gasteiger partial charge >= 0.3 is 5.97 Å². The van der Waals surface area contributed by atoms with Gasteiger partial charge in [0.2, 0.25) is 0 Å². The molecule has 0 bridgehead atoms. The molecule has 0 aromatic rings. The SMILES string of the molecule is COC(=O)[C@H]1O[C@@H](O[C@H]2[C@@H](O)C[C@]3(C)[C@H]4CC=C5[C@@H]6CC(C)(C)CC[C@]6(CO)CC[C@@]5(C)[C@]4(C)CC[C@H]3C2(C)C)[C@H](O[C@@H]2O[C@H](CO)[C@H](O[C@@H]3O[C@@H](C)[C@H](O)[C@@H](O)[C@H]3O)[C@H](O)[C@H]2O)[C@@H](O)[C@@H]1O. The van der Waals surface area contributed by atoms with Crippen molar-refractivity contribution in [2.75, 3.05) is 20.3 Å². The van der Waals surface area contributed by atoms with Crippen LogP contribution in [0.1, 0.15) is 113 Å². The van der Waals surface area contributed by atoms with Gasteiger partial charge in [-0.3, -0.25) is 0 Å². The van der Waals surface area contributed by atoms with Gasteiger partial charge in [0.1, 0.15) is 61.0 Å². The van der Waals surface area contributed by atoms with Crippen molar-refractivity contribution in [1.29, 1.82) is 0 Å². The average molecular weight is 957 g/mol. The highest BCUT2D eigenvalue weighted by Crippen LogP contribution is 2.76. The summed E-state index contributed by atoms with van der Waals surface area (Å²) in [7, 11) is 1.09. The van der Waals surface area contributed by atoms with Crippen LogP contribution in [-0.2, 0) is 38.0 Å². The minimum absolute atomic E-state index is 0.0218. The highest BCUT2D eigenvalue weighted by Gasteiger charge is 2.70. The molecule has 18 heteroatoms. The lowest BCUT2D eigenvalue weighted by Crippen LogP contribution is -2.69. The van der Waals surface area contributed by atoms with Crippen LogP contribution in [0.5, 0.6) is 0 Å². The van der Waals surface area contributed by atoms with E-state index in [-0.39, 0.29) is 45.5 Å². The third-order valence-corrected chi connectivity index (χ3v) is 19.5. The van der Waals surface area contributed by atoms with E-state index in [1.165, 1.54) is 12.5 Å². The summed E-state index contributed by atoms with van der Waals surface area (Å²) in [4.78, 5) is 13.0. The monoisotopic (exact) mass is 957 g/mol. The molecule has 0 unspecified atom stereocenters. The van der Waals surface area contributed by atoms with E-state index < -0.39 is 122 Å². The molecule has 3 saturated heterocycles. The Balaban J connectivity index is 1.04. The van der Waals surface area contributed by atoms with Gasteiger partial charge in [-0.25, -0.2) is 4.79 Å². The molecule has 4 saturated carbocycles. The fourth-order valence-corrected chi connectivity index (χ4v) is 15.3. The van der Waals surface area contributed by atoms with Gasteiger partial charge in [-0.15, -0.1) is 0 Å². The average Bonchev–Trinajstić information content (AvgIpc) is 3.27. The van der Waals surface area contributed by atoms with Crippen molar-refractivity contribution in [2.45, 2.75) is 218 Å².